The van der Waals surface area contributed by atoms with Gasteiger partial charge in [0.05, 0.1) is 0 Å². The predicted octanol–water partition coefficient (Wildman–Crippen LogP) is 1.97. The van der Waals surface area contributed by atoms with E-state index < -0.39 is 12.0 Å². The van der Waals surface area contributed by atoms with Crippen molar-refractivity contribution in [3.63, 3.8) is 0 Å². The summed E-state index contributed by atoms with van der Waals surface area (Å²) in [6.07, 6.45) is -0.674. The fraction of sp³-hybridized carbons (Fsp3) is 0.714. The number of halogens is 2. The molecule has 0 saturated carbocycles. The van der Waals surface area contributed by atoms with Crippen molar-refractivity contribution < 1.29 is 13.9 Å². The van der Waals surface area contributed by atoms with E-state index in [0.717, 1.165) is 0 Å². The summed E-state index contributed by atoms with van der Waals surface area (Å²) in [6.45, 7) is 4.59. The topological polar surface area (TPSA) is 20.2 Å². The molecule has 60 valence electrons. The van der Waals surface area contributed by atoms with E-state index >= 15 is 0 Å². The number of aliphatic hydroxyl groups excluding tert-OH is 1. The molecule has 0 heterocycles. The molecular formula is C7H12F2O. The van der Waals surface area contributed by atoms with E-state index in [-0.39, 0.29) is 12.8 Å². The van der Waals surface area contributed by atoms with Gasteiger partial charge in [0.15, 0.2) is 0 Å². The number of hydrogen-bond donors (Lipinski definition) is 1. The summed E-state index contributed by atoms with van der Waals surface area (Å²) in [7, 11) is 0. The average Bonchev–Trinajstić information content (AvgIpc) is 1.89. The van der Waals surface area contributed by atoms with Gasteiger partial charge in [0.1, 0.15) is 6.10 Å². The minimum Gasteiger partial charge on any atom is -0.387 e. The number of hydrogen-bond acceptors (Lipinski definition) is 1. The molecular weight excluding hydrogens is 138 g/mol. The molecule has 1 unspecified atom stereocenters. The molecule has 0 amide bonds. The molecule has 0 aromatic carbocycles. The summed E-state index contributed by atoms with van der Waals surface area (Å²) in [6, 6.07) is 0. The zero-order valence-corrected chi connectivity index (χ0v) is 5.98. The number of aliphatic hydroxyl groups is 1. The lowest BCUT2D eigenvalue weighted by atomic mass is 10.1. The van der Waals surface area contributed by atoms with E-state index in [1.165, 1.54) is 13.0 Å². The third-order valence-corrected chi connectivity index (χ3v) is 1.35. The van der Waals surface area contributed by atoms with Crippen LogP contribution in [0.25, 0.3) is 0 Å². The van der Waals surface area contributed by atoms with Crippen LogP contribution in [0.5, 0.6) is 0 Å². The molecule has 1 atom stereocenters. The highest BCUT2D eigenvalue weighted by Gasteiger charge is 2.34. The summed E-state index contributed by atoms with van der Waals surface area (Å²) < 4.78 is 24.9. The molecule has 0 rings (SSSR count). The van der Waals surface area contributed by atoms with Gasteiger partial charge >= 0.3 is 0 Å². The second-order valence-corrected chi connectivity index (χ2v) is 2.15. The predicted molar refractivity (Wildman–Crippen MR) is 36.1 cm³/mol. The largest absolute Gasteiger partial charge is 0.387 e. The fourth-order valence-electron chi connectivity index (χ4n) is 0.566. The maximum atomic E-state index is 12.4. The van der Waals surface area contributed by atoms with E-state index in [9.17, 15) is 8.78 Å². The van der Waals surface area contributed by atoms with Gasteiger partial charge in [-0.2, -0.15) is 0 Å². The second-order valence-electron chi connectivity index (χ2n) is 2.15. The van der Waals surface area contributed by atoms with Crippen LogP contribution in [-0.2, 0) is 0 Å². The lowest BCUT2D eigenvalue weighted by Gasteiger charge is -2.19. The molecule has 3 heteroatoms. The number of alkyl halides is 2. The third kappa shape index (κ3) is 2.43. The minimum atomic E-state index is -2.96. The van der Waals surface area contributed by atoms with E-state index in [1.54, 1.807) is 0 Å². The average molecular weight is 150 g/mol. The fourth-order valence-corrected chi connectivity index (χ4v) is 0.566. The lowest BCUT2D eigenvalue weighted by molar-refractivity contribution is -0.108. The standard InChI is InChI=1S/C7H12F2O/c1-3-5-6(10)7(8,9)4-2/h3,6,10H,1,4-5H2,2H3. The maximum absolute atomic E-state index is 12.4. The molecule has 0 fully saturated rings. The van der Waals surface area contributed by atoms with Crippen molar-refractivity contribution in [1.29, 1.82) is 0 Å². The van der Waals surface area contributed by atoms with Gasteiger partial charge in [0.25, 0.3) is 5.92 Å². The molecule has 1 N–H and O–H groups in total. The summed E-state index contributed by atoms with van der Waals surface area (Å²) in [5, 5.41) is 8.76. The van der Waals surface area contributed by atoms with Crippen LogP contribution in [0, 0.1) is 0 Å². The zero-order chi connectivity index (χ0) is 8.20. The van der Waals surface area contributed by atoms with Gasteiger partial charge in [-0.3, -0.25) is 0 Å². The van der Waals surface area contributed by atoms with Crippen molar-refractivity contribution in [2.75, 3.05) is 0 Å². The smallest absolute Gasteiger partial charge is 0.273 e. The molecule has 0 aliphatic heterocycles. The number of rotatable bonds is 4. The first-order valence-electron chi connectivity index (χ1n) is 3.21. The van der Waals surface area contributed by atoms with Crippen molar-refractivity contribution in [1.82, 2.24) is 0 Å². The normalized spacial score (nSPS) is 14.8. The molecule has 0 aliphatic carbocycles. The molecule has 0 radical (unpaired) electrons. The summed E-state index contributed by atoms with van der Waals surface area (Å²) in [4.78, 5) is 0. The van der Waals surface area contributed by atoms with E-state index in [1.807, 2.05) is 0 Å². The Morgan fingerprint density at radius 1 is 1.70 bits per heavy atom. The van der Waals surface area contributed by atoms with E-state index in [0.29, 0.717) is 0 Å². The molecule has 0 saturated heterocycles. The Kier molecular flexibility index (Phi) is 3.50. The van der Waals surface area contributed by atoms with E-state index in [2.05, 4.69) is 6.58 Å². The Labute approximate surface area is 59.4 Å². The van der Waals surface area contributed by atoms with Crippen LogP contribution < -0.4 is 0 Å². The molecule has 0 aromatic rings. The van der Waals surface area contributed by atoms with Crippen LogP contribution >= 0.6 is 0 Å². The van der Waals surface area contributed by atoms with Gasteiger partial charge in [-0.1, -0.05) is 13.0 Å². The van der Waals surface area contributed by atoms with Crippen molar-refractivity contribution >= 4 is 0 Å². The van der Waals surface area contributed by atoms with Gasteiger partial charge in [0, 0.05) is 6.42 Å². The zero-order valence-electron chi connectivity index (χ0n) is 5.98. The second kappa shape index (κ2) is 3.66. The monoisotopic (exact) mass is 150 g/mol. The van der Waals surface area contributed by atoms with Gasteiger partial charge in [-0.05, 0) is 6.42 Å². The highest BCUT2D eigenvalue weighted by atomic mass is 19.3. The van der Waals surface area contributed by atoms with Crippen molar-refractivity contribution in [2.24, 2.45) is 0 Å². The quantitative estimate of drug-likeness (QED) is 0.607. The highest BCUT2D eigenvalue weighted by Crippen LogP contribution is 2.24. The molecule has 1 nitrogen and oxygen atoms in total. The lowest BCUT2D eigenvalue weighted by Crippen LogP contribution is -2.31. The summed E-state index contributed by atoms with van der Waals surface area (Å²) >= 11 is 0. The third-order valence-electron chi connectivity index (χ3n) is 1.35. The SMILES string of the molecule is C=CCC(O)C(F)(F)CC. The van der Waals surface area contributed by atoms with Crippen molar-refractivity contribution in [3.05, 3.63) is 12.7 Å². The van der Waals surface area contributed by atoms with Gasteiger partial charge < -0.3 is 5.11 Å². The Morgan fingerprint density at radius 2 is 2.20 bits per heavy atom. The van der Waals surface area contributed by atoms with Gasteiger partial charge in [-0.25, -0.2) is 8.78 Å². The first-order chi connectivity index (χ1) is 4.54. The van der Waals surface area contributed by atoms with Crippen LogP contribution in [0.1, 0.15) is 19.8 Å². The van der Waals surface area contributed by atoms with Crippen LogP contribution in [-0.4, -0.2) is 17.1 Å². The first kappa shape index (κ1) is 9.56. The van der Waals surface area contributed by atoms with E-state index in [4.69, 9.17) is 5.11 Å². The highest BCUT2D eigenvalue weighted by molar-refractivity contribution is 4.81. The first-order valence-corrected chi connectivity index (χ1v) is 3.21. The van der Waals surface area contributed by atoms with Crippen LogP contribution in [0.4, 0.5) is 8.78 Å². The van der Waals surface area contributed by atoms with Crippen LogP contribution in [0.2, 0.25) is 0 Å². The molecule has 0 aromatic heterocycles. The van der Waals surface area contributed by atoms with Crippen LogP contribution in [0.3, 0.4) is 0 Å². The Hall–Kier alpha value is -0.440. The van der Waals surface area contributed by atoms with Gasteiger partial charge in [-0.15, -0.1) is 6.58 Å². The maximum Gasteiger partial charge on any atom is 0.273 e. The van der Waals surface area contributed by atoms with Gasteiger partial charge in [0.2, 0.25) is 0 Å². The molecule has 0 spiro atoms. The molecule has 0 aliphatic rings. The Bertz CT molecular complexity index is 112. The summed E-state index contributed by atoms with van der Waals surface area (Å²) in [5.74, 6) is -2.96. The minimum absolute atomic E-state index is 0.0547. The van der Waals surface area contributed by atoms with Crippen molar-refractivity contribution in [3.8, 4) is 0 Å². The van der Waals surface area contributed by atoms with Crippen LogP contribution in [0.15, 0.2) is 12.7 Å². The Morgan fingerprint density at radius 3 is 2.50 bits per heavy atom. The molecule has 0 bridgehead atoms. The molecule has 10 heavy (non-hydrogen) atoms. The van der Waals surface area contributed by atoms with Crippen molar-refractivity contribution in [2.45, 2.75) is 31.8 Å². The summed E-state index contributed by atoms with van der Waals surface area (Å²) in [5.41, 5.74) is 0. The Balaban J connectivity index is 3.89.